The van der Waals surface area contributed by atoms with Crippen LogP contribution in [-0.4, -0.2) is 39.4 Å². The van der Waals surface area contributed by atoms with Crippen molar-refractivity contribution in [1.82, 2.24) is 20.4 Å². The van der Waals surface area contributed by atoms with Gasteiger partial charge in [0.25, 0.3) is 5.89 Å². The van der Waals surface area contributed by atoms with Gasteiger partial charge in [0.2, 0.25) is 5.82 Å². The Balaban J connectivity index is 1.73. The Morgan fingerprint density at radius 1 is 1.09 bits per heavy atom. The molecule has 0 bridgehead atoms. The molecule has 0 amide bonds. The molecule has 6 nitrogen and oxygen atoms in total. The lowest BCUT2D eigenvalue weighted by Gasteiger charge is -2.37. The predicted molar refractivity (Wildman–Crippen MR) is 139 cm³/mol. The van der Waals surface area contributed by atoms with Gasteiger partial charge in [-0.1, -0.05) is 53.7 Å². The fraction of sp³-hybridized carbons (Fsp3) is 0.370. The van der Waals surface area contributed by atoms with Crippen molar-refractivity contribution < 1.29 is 9.26 Å². The van der Waals surface area contributed by atoms with Crippen molar-refractivity contribution in [2.24, 2.45) is 0 Å². The maximum atomic E-state index is 5.82. The number of hydrogen-bond acceptors (Lipinski definition) is 5. The van der Waals surface area contributed by atoms with E-state index in [1.165, 1.54) is 11.1 Å². The maximum Gasteiger partial charge on any atom is 0.258 e. The summed E-state index contributed by atoms with van der Waals surface area (Å²) >= 11 is 5.80. The fourth-order valence-corrected chi connectivity index (χ4v) is 4.45. The number of nitrogens with one attached hydrogen (secondary N) is 1. The van der Waals surface area contributed by atoms with Gasteiger partial charge in [-0.2, -0.15) is 4.98 Å². The van der Waals surface area contributed by atoms with Crippen LogP contribution in [0.3, 0.4) is 0 Å². The summed E-state index contributed by atoms with van der Waals surface area (Å²) in [5, 5.41) is 8.50. The monoisotopic (exact) mass is 476 g/mol. The van der Waals surface area contributed by atoms with E-state index < -0.39 is 0 Å². The zero-order valence-electron chi connectivity index (χ0n) is 20.5. The molecule has 34 heavy (non-hydrogen) atoms. The Labute approximate surface area is 207 Å². The molecule has 7 heteroatoms. The van der Waals surface area contributed by atoms with E-state index in [-0.39, 0.29) is 12.1 Å². The second-order valence-electron chi connectivity index (χ2n) is 8.94. The second-order valence-corrected chi connectivity index (χ2v) is 9.33. The number of ether oxygens (including phenoxy) is 1. The lowest BCUT2D eigenvalue weighted by Crippen LogP contribution is -2.46. The summed E-state index contributed by atoms with van der Waals surface area (Å²) in [5.41, 5.74) is 6.46. The number of rotatable bonds is 8. The topological polar surface area (TPSA) is 63.4 Å². The van der Waals surface area contributed by atoms with Gasteiger partial charge in [-0.15, -0.1) is 0 Å². The normalized spacial score (nSPS) is 16.4. The first-order chi connectivity index (χ1) is 16.3. The molecule has 0 spiro atoms. The van der Waals surface area contributed by atoms with Crippen molar-refractivity contribution in [3.63, 3.8) is 0 Å². The number of aromatic nitrogens is 2. The van der Waals surface area contributed by atoms with Gasteiger partial charge in [-0.05, 0) is 69.9 Å². The van der Waals surface area contributed by atoms with E-state index in [2.05, 4.69) is 54.3 Å². The molecule has 1 aliphatic rings. The van der Waals surface area contributed by atoms with Crippen LogP contribution in [0.2, 0.25) is 0 Å². The molecule has 3 aromatic rings. The van der Waals surface area contributed by atoms with Crippen molar-refractivity contribution >= 4 is 22.9 Å². The zero-order chi connectivity index (χ0) is 24.2. The highest BCUT2D eigenvalue weighted by Gasteiger charge is 2.34. The van der Waals surface area contributed by atoms with E-state index in [9.17, 15) is 0 Å². The SMILES string of the molecule is CC1=C(c2nc(-c3ccccc3)no2)C(c2ccc(C)c(C)c2)NC(=S)N1CCCOC(C)C. The van der Waals surface area contributed by atoms with Gasteiger partial charge in [-0.3, -0.25) is 0 Å². The number of thiocarbonyl (C=S) groups is 1. The van der Waals surface area contributed by atoms with Crippen LogP contribution in [0.5, 0.6) is 0 Å². The smallest absolute Gasteiger partial charge is 0.258 e. The van der Waals surface area contributed by atoms with E-state index in [1.807, 2.05) is 44.2 Å². The average Bonchev–Trinajstić information content (AvgIpc) is 3.30. The molecule has 4 rings (SSSR count). The molecule has 1 atom stereocenters. The molecular weight excluding hydrogens is 444 g/mol. The summed E-state index contributed by atoms with van der Waals surface area (Å²) in [4.78, 5) is 6.89. The number of nitrogens with zero attached hydrogens (tertiary/aromatic N) is 3. The molecule has 0 saturated carbocycles. The van der Waals surface area contributed by atoms with Crippen LogP contribution < -0.4 is 5.32 Å². The summed E-state index contributed by atoms with van der Waals surface area (Å²) < 4.78 is 11.6. The fourth-order valence-electron chi connectivity index (χ4n) is 4.10. The van der Waals surface area contributed by atoms with Gasteiger partial charge < -0.3 is 19.5 Å². The van der Waals surface area contributed by atoms with Crippen molar-refractivity contribution in [1.29, 1.82) is 0 Å². The van der Waals surface area contributed by atoms with Gasteiger partial charge in [-0.25, -0.2) is 0 Å². The number of allylic oxidation sites excluding steroid dienone is 1. The largest absolute Gasteiger partial charge is 0.379 e. The van der Waals surface area contributed by atoms with Crippen molar-refractivity contribution in [2.45, 2.75) is 53.2 Å². The Kier molecular flexibility index (Phi) is 7.44. The molecule has 1 aromatic heterocycles. The Bertz CT molecular complexity index is 1190. The van der Waals surface area contributed by atoms with E-state index in [1.54, 1.807) is 0 Å². The van der Waals surface area contributed by atoms with E-state index in [0.29, 0.717) is 23.4 Å². The lowest BCUT2D eigenvalue weighted by atomic mass is 9.92. The molecule has 0 aliphatic carbocycles. The van der Waals surface area contributed by atoms with Gasteiger partial charge in [0.1, 0.15) is 0 Å². The number of benzene rings is 2. The lowest BCUT2D eigenvalue weighted by molar-refractivity contribution is 0.0749. The quantitative estimate of drug-likeness (QED) is 0.324. The summed E-state index contributed by atoms with van der Waals surface area (Å²) in [7, 11) is 0. The highest BCUT2D eigenvalue weighted by Crippen LogP contribution is 2.38. The van der Waals surface area contributed by atoms with E-state index in [4.69, 9.17) is 26.5 Å². The molecule has 2 aromatic carbocycles. The Morgan fingerprint density at radius 2 is 1.85 bits per heavy atom. The summed E-state index contributed by atoms with van der Waals surface area (Å²) in [6.07, 6.45) is 1.07. The number of hydrogen-bond donors (Lipinski definition) is 1. The molecular formula is C27H32N4O2S. The van der Waals surface area contributed by atoms with Crippen LogP contribution >= 0.6 is 12.2 Å². The molecule has 1 unspecified atom stereocenters. The summed E-state index contributed by atoms with van der Waals surface area (Å²) in [5.74, 6) is 1.07. The summed E-state index contributed by atoms with van der Waals surface area (Å²) in [6.45, 7) is 11.8. The van der Waals surface area contributed by atoms with Gasteiger partial charge >= 0.3 is 0 Å². The van der Waals surface area contributed by atoms with Crippen LogP contribution in [0.25, 0.3) is 17.0 Å². The minimum Gasteiger partial charge on any atom is -0.379 e. The molecule has 0 radical (unpaired) electrons. The molecule has 0 saturated heterocycles. The first kappa shape index (κ1) is 24.1. The minimum absolute atomic E-state index is 0.181. The third kappa shape index (κ3) is 5.21. The molecule has 1 aliphatic heterocycles. The van der Waals surface area contributed by atoms with Crippen LogP contribution in [0.15, 0.2) is 58.8 Å². The third-order valence-corrected chi connectivity index (χ3v) is 6.46. The van der Waals surface area contributed by atoms with Crippen molar-refractivity contribution in [2.75, 3.05) is 13.2 Å². The van der Waals surface area contributed by atoms with E-state index >= 15 is 0 Å². The highest BCUT2D eigenvalue weighted by atomic mass is 32.1. The van der Waals surface area contributed by atoms with E-state index in [0.717, 1.165) is 35.4 Å². The van der Waals surface area contributed by atoms with Crippen molar-refractivity contribution in [3.8, 4) is 11.4 Å². The molecule has 178 valence electrons. The summed E-state index contributed by atoms with van der Waals surface area (Å²) in [6, 6.07) is 16.2. The highest BCUT2D eigenvalue weighted by molar-refractivity contribution is 7.80. The maximum absolute atomic E-state index is 5.82. The molecule has 0 fully saturated rings. The molecule has 1 N–H and O–H groups in total. The van der Waals surface area contributed by atoms with Gasteiger partial charge in [0.05, 0.1) is 17.7 Å². The van der Waals surface area contributed by atoms with Crippen LogP contribution in [0.1, 0.15) is 55.8 Å². The van der Waals surface area contributed by atoms with Crippen LogP contribution in [0.4, 0.5) is 0 Å². The zero-order valence-corrected chi connectivity index (χ0v) is 21.3. The third-order valence-electron chi connectivity index (χ3n) is 6.13. The molecule has 2 heterocycles. The standard InChI is InChI=1S/C27H32N4O2S/c1-17(2)32-15-9-14-31-20(5)23(26-29-25(30-33-26)21-10-7-6-8-11-21)24(28-27(31)34)22-13-12-18(3)19(4)16-22/h6-8,10-13,16-17,24H,9,14-15H2,1-5H3,(H,28,34). The van der Waals surface area contributed by atoms with Gasteiger partial charge in [0.15, 0.2) is 5.11 Å². The Morgan fingerprint density at radius 3 is 2.56 bits per heavy atom. The first-order valence-corrected chi connectivity index (χ1v) is 12.1. The Hall–Kier alpha value is -3.03. The van der Waals surface area contributed by atoms with Gasteiger partial charge in [0, 0.05) is 24.4 Å². The first-order valence-electron chi connectivity index (χ1n) is 11.7. The predicted octanol–water partition coefficient (Wildman–Crippen LogP) is 5.83. The van der Waals surface area contributed by atoms with Crippen LogP contribution in [-0.2, 0) is 4.74 Å². The minimum atomic E-state index is -0.181. The number of aryl methyl sites for hydroxylation is 2. The average molecular weight is 477 g/mol. The second kappa shape index (κ2) is 10.5. The van der Waals surface area contributed by atoms with Crippen molar-refractivity contribution in [3.05, 3.63) is 76.8 Å². The van der Waals surface area contributed by atoms with Crippen LogP contribution in [0, 0.1) is 13.8 Å².